The molecule has 0 rings (SSSR count). The van der Waals surface area contributed by atoms with Gasteiger partial charge in [-0.1, -0.05) is 239 Å². The molecule has 0 unspecified atom stereocenters. The minimum atomic E-state index is -0.363. The highest BCUT2D eigenvalue weighted by atomic mass is 16.5. The SMILES string of the molecule is CCCCCCCCCCCCCCCCCC(=O)OCCCCCCCCCCCCC.CCCCCCCCCCCCCOC(=O)C(C)(C)C. The van der Waals surface area contributed by atoms with E-state index < -0.39 is 0 Å². The highest BCUT2D eigenvalue weighted by molar-refractivity contribution is 5.75. The maximum Gasteiger partial charge on any atom is 0.311 e. The maximum atomic E-state index is 11.8. The monoisotopic (exact) mass is 751 g/mol. The van der Waals surface area contributed by atoms with Gasteiger partial charge in [-0.05, 0) is 40.0 Å². The molecule has 0 radical (unpaired) electrons. The molecule has 0 saturated carbocycles. The second-order valence-electron chi connectivity index (χ2n) is 17.4. The van der Waals surface area contributed by atoms with Crippen LogP contribution in [0.25, 0.3) is 0 Å². The standard InChI is InChI=1S/C31H62O2.C18H36O2/c1-3-5-7-9-11-13-15-16-17-18-19-21-23-25-27-29-31(32)33-30-28-26-24-22-20-14-12-10-8-6-4-2;1-5-6-7-8-9-10-11-12-13-14-15-16-20-17(19)18(2,3)4/h3-30H2,1-2H3;5-16H2,1-4H3. The molecule has 0 aliphatic carbocycles. The molecule has 0 amide bonds. The van der Waals surface area contributed by atoms with E-state index in [1.54, 1.807) is 0 Å². The van der Waals surface area contributed by atoms with Crippen LogP contribution in [0.4, 0.5) is 0 Å². The van der Waals surface area contributed by atoms with Crippen LogP contribution < -0.4 is 0 Å². The van der Waals surface area contributed by atoms with E-state index in [2.05, 4.69) is 20.8 Å². The van der Waals surface area contributed by atoms with E-state index in [0.29, 0.717) is 19.6 Å². The van der Waals surface area contributed by atoms with Gasteiger partial charge in [0.2, 0.25) is 0 Å². The van der Waals surface area contributed by atoms with Gasteiger partial charge in [-0.2, -0.15) is 0 Å². The average Bonchev–Trinajstić information content (AvgIpc) is 3.14. The van der Waals surface area contributed by atoms with E-state index in [1.807, 2.05) is 20.8 Å². The van der Waals surface area contributed by atoms with Crippen molar-refractivity contribution in [2.24, 2.45) is 5.41 Å². The lowest BCUT2D eigenvalue weighted by Gasteiger charge is -2.16. The minimum Gasteiger partial charge on any atom is -0.466 e. The van der Waals surface area contributed by atoms with Crippen molar-refractivity contribution >= 4 is 11.9 Å². The van der Waals surface area contributed by atoms with Crippen LogP contribution in [-0.2, 0) is 19.1 Å². The molecular formula is C49H98O4. The number of rotatable bonds is 40. The van der Waals surface area contributed by atoms with Crippen molar-refractivity contribution in [1.82, 2.24) is 0 Å². The first-order chi connectivity index (χ1) is 25.8. The molecule has 0 aromatic heterocycles. The van der Waals surface area contributed by atoms with Gasteiger partial charge in [-0.25, -0.2) is 0 Å². The number of esters is 2. The molecule has 0 bridgehead atoms. The number of carbonyl (C=O) groups excluding carboxylic acids is 2. The number of carbonyl (C=O) groups is 2. The van der Waals surface area contributed by atoms with Gasteiger partial charge in [0.1, 0.15) is 0 Å². The third kappa shape index (κ3) is 48.9. The van der Waals surface area contributed by atoms with E-state index in [4.69, 9.17) is 9.47 Å². The van der Waals surface area contributed by atoms with Gasteiger partial charge < -0.3 is 9.47 Å². The fourth-order valence-electron chi connectivity index (χ4n) is 6.81. The van der Waals surface area contributed by atoms with Crippen molar-refractivity contribution in [1.29, 1.82) is 0 Å². The number of unbranched alkanes of at least 4 members (excludes halogenated alkanes) is 34. The van der Waals surface area contributed by atoms with Crippen LogP contribution in [0.2, 0.25) is 0 Å². The number of ether oxygens (including phenoxy) is 2. The van der Waals surface area contributed by atoms with E-state index in [1.165, 1.54) is 218 Å². The third-order valence-electron chi connectivity index (χ3n) is 10.6. The van der Waals surface area contributed by atoms with Crippen LogP contribution in [0.5, 0.6) is 0 Å². The molecule has 0 aliphatic rings. The van der Waals surface area contributed by atoms with Gasteiger partial charge in [0.15, 0.2) is 0 Å². The highest BCUT2D eigenvalue weighted by Crippen LogP contribution is 2.17. The Bertz CT molecular complexity index is 712. The Morgan fingerprint density at radius 3 is 0.811 bits per heavy atom. The topological polar surface area (TPSA) is 52.6 Å². The van der Waals surface area contributed by atoms with Crippen LogP contribution in [-0.4, -0.2) is 25.2 Å². The van der Waals surface area contributed by atoms with Crippen molar-refractivity contribution < 1.29 is 19.1 Å². The summed E-state index contributed by atoms with van der Waals surface area (Å²) >= 11 is 0. The summed E-state index contributed by atoms with van der Waals surface area (Å²) in [6.07, 6.45) is 50.2. The highest BCUT2D eigenvalue weighted by Gasteiger charge is 2.22. The van der Waals surface area contributed by atoms with Crippen molar-refractivity contribution in [3.05, 3.63) is 0 Å². The quantitative estimate of drug-likeness (QED) is 0.0462. The van der Waals surface area contributed by atoms with Crippen LogP contribution in [0.15, 0.2) is 0 Å². The first kappa shape index (κ1) is 54.0. The Morgan fingerprint density at radius 2 is 0.547 bits per heavy atom. The summed E-state index contributed by atoms with van der Waals surface area (Å²) in [4.78, 5) is 23.4. The van der Waals surface area contributed by atoms with Crippen LogP contribution in [0.3, 0.4) is 0 Å². The summed E-state index contributed by atoms with van der Waals surface area (Å²) in [7, 11) is 0. The zero-order chi connectivity index (χ0) is 39.4. The summed E-state index contributed by atoms with van der Waals surface area (Å²) in [6.45, 7) is 13.7. The van der Waals surface area contributed by atoms with Crippen molar-refractivity contribution in [2.75, 3.05) is 13.2 Å². The van der Waals surface area contributed by atoms with Crippen molar-refractivity contribution in [3.8, 4) is 0 Å². The number of hydrogen-bond donors (Lipinski definition) is 0. The van der Waals surface area contributed by atoms with E-state index >= 15 is 0 Å². The van der Waals surface area contributed by atoms with Gasteiger partial charge in [-0.15, -0.1) is 0 Å². The molecule has 4 nitrogen and oxygen atoms in total. The summed E-state index contributed by atoms with van der Waals surface area (Å²) in [5.74, 6) is -0.0543. The molecule has 0 N–H and O–H groups in total. The Balaban J connectivity index is 0. The Morgan fingerprint density at radius 1 is 0.321 bits per heavy atom. The molecule has 0 heterocycles. The summed E-state index contributed by atoms with van der Waals surface area (Å²) in [6, 6.07) is 0. The van der Waals surface area contributed by atoms with Crippen molar-refractivity contribution in [2.45, 2.75) is 286 Å². The summed E-state index contributed by atoms with van der Waals surface area (Å²) in [5, 5.41) is 0. The zero-order valence-electron chi connectivity index (χ0n) is 37.4. The lowest BCUT2D eigenvalue weighted by Crippen LogP contribution is -2.23. The average molecular weight is 751 g/mol. The second-order valence-corrected chi connectivity index (χ2v) is 17.4. The zero-order valence-corrected chi connectivity index (χ0v) is 37.4. The first-order valence-electron chi connectivity index (χ1n) is 24.1. The predicted molar refractivity (Wildman–Crippen MR) is 234 cm³/mol. The molecule has 0 spiro atoms. The Labute approximate surface area is 334 Å². The fourth-order valence-corrected chi connectivity index (χ4v) is 6.81. The predicted octanol–water partition coefficient (Wildman–Crippen LogP) is 17.0. The molecule has 0 fully saturated rings. The van der Waals surface area contributed by atoms with E-state index in [0.717, 1.165) is 19.3 Å². The minimum absolute atomic E-state index is 0.0248. The van der Waals surface area contributed by atoms with Gasteiger partial charge >= 0.3 is 11.9 Å². The molecule has 0 aliphatic heterocycles. The molecule has 0 atom stereocenters. The van der Waals surface area contributed by atoms with Gasteiger partial charge in [0.05, 0.1) is 18.6 Å². The van der Waals surface area contributed by atoms with Crippen molar-refractivity contribution in [3.63, 3.8) is 0 Å². The summed E-state index contributed by atoms with van der Waals surface area (Å²) < 4.78 is 10.7. The lowest BCUT2D eigenvalue weighted by molar-refractivity contribution is -0.153. The van der Waals surface area contributed by atoms with E-state index in [-0.39, 0.29) is 17.4 Å². The third-order valence-corrected chi connectivity index (χ3v) is 10.6. The fraction of sp³-hybridized carbons (Fsp3) is 0.959. The number of hydrogen-bond acceptors (Lipinski definition) is 4. The normalized spacial score (nSPS) is 11.4. The molecular weight excluding hydrogens is 653 g/mol. The van der Waals surface area contributed by atoms with Gasteiger partial charge in [-0.3, -0.25) is 9.59 Å². The molecule has 0 aromatic carbocycles. The first-order valence-corrected chi connectivity index (χ1v) is 24.1. The largest absolute Gasteiger partial charge is 0.466 e. The maximum absolute atomic E-state index is 11.8. The smallest absolute Gasteiger partial charge is 0.311 e. The van der Waals surface area contributed by atoms with Crippen LogP contribution in [0, 0.1) is 5.41 Å². The molecule has 0 aromatic rings. The molecule has 318 valence electrons. The molecule has 4 heteroatoms. The molecule has 0 saturated heterocycles. The molecule has 53 heavy (non-hydrogen) atoms. The Kier molecular flexibility index (Phi) is 46.2. The Hall–Kier alpha value is -1.06. The van der Waals surface area contributed by atoms with E-state index in [9.17, 15) is 9.59 Å². The van der Waals surface area contributed by atoms with Gasteiger partial charge in [0, 0.05) is 6.42 Å². The second kappa shape index (κ2) is 45.3. The van der Waals surface area contributed by atoms with Crippen LogP contribution in [0.1, 0.15) is 286 Å². The van der Waals surface area contributed by atoms with Gasteiger partial charge in [0.25, 0.3) is 0 Å². The summed E-state index contributed by atoms with van der Waals surface area (Å²) in [5.41, 5.74) is -0.363. The lowest BCUT2D eigenvalue weighted by atomic mass is 9.97. The van der Waals surface area contributed by atoms with Crippen LogP contribution >= 0.6 is 0 Å².